The van der Waals surface area contributed by atoms with Crippen LogP contribution in [0.4, 0.5) is 0 Å². The molecule has 2 aliphatic heterocycles. The van der Waals surface area contributed by atoms with Crippen molar-refractivity contribution in [3.05, 3.63) is 65.2 Å². The van der Waals surface area contributed by atoms with Crippen molar-refractivity contribution in [3.63, 3.8) is 0 Å². The molecule has 13 heteroatoms. The van der Waals surface area contributed by atoms with Crippen LogP contribution in [0.25, 0.3) is 0 Å². The Morgan fingerprint density at radius 1 is 0.849 bits per heavy atom. The summed E-state index contributed by atoms with van der Waals surface area (Å²) in [6, 6.07) is 11.4. The Hall–Kier alpha value is -4.49. The summed E-state index contributed by atoms with van der Waals surface area (Å²) in [7, 11) is 0. The van der Waals surface area contributed by atoms with E-state index in [0.717, 1.165) is 30.8 Å². The topological polar surface area (TPSA) is 167 Å². The van der Waals surface area contributed by atoms with Crippen molar-refractivity contribution in [2.45, 2.75) is 98.1 Å². The van der Waals surface area contributed by atoms with Crippen molar-refractivity contribution < 1.29 is 33.4 Å². The van der Waals surface area contributed by atoms with Crippen LogP contribution in [0.1, 0.15) is 82.3 Å². The second kappa shape index (κ2) is 20.1. The molecule has 0 radical (unpaired) electrons. The van der Waals surface area contributed by atoms with E-state index in [1.54, 1.807) is 24.3 Å². The number of hydrogen-bond acceptors (Lipinski definition) is 8. The fraction of sp³-hybridized carbons (Fsp3) is 0.575. The van der Waals surface area contributed by atoms with Gasteiger partial charge in [-0.25, -0.2) is 0 Å². The first-order chi connectivity index (χ1) is 25.3. The van der Waals surface area contributed by atoms with Crippen LogP contribution in [0.2, 0.25) is 0 Å². The number of para-hydroxylation sites is 1. The van der Waals surface area contributed by atoms with Crippen molar-refractivity contribution in [2.24, 2.45) is 17.8 Å². The Kier molecular flexibility index (Phi) is 15.6. The van der Waals surface area contributed by atoms with Gasteiger partial charge in [0, 0.05) is 32.6 Å². The molecule has 4 atom stereocenters. The molecule has 0 saturated carbocycles. The first-order valence-corrected chi connectivity index (χ1v) is 18.9. The van der Waals surface area contributed by atoms with E-state index in [0.29, 0.717) is 19.6 Å². The minimum absolute atomic E-state index is 0.0219. The molecule has 0 bridgehead atoms. The highest BCUT2D eigenvalue weighted by Crippen LogP contribution is 2.20. The monoisotopic (exact) mass is 734 g/mol. The molecule has 0 aliphatic carbocycles. The number of nitrogens with one attached hydrogen (secondary N) is 5. The molecule has 290 valence electrons. The van der Waals surface area contributed by atoms with Crippen molar-refractivity contribution >= 4 is 29.5 Å². The van der Waals surface area contributed by atoms with Crippen LogP contribution in [0.5, 0.6) is 5.75 Å². The molecule has 1 fully saturated rings. The Bertz CT molecular complexity index is 1560. The number of benzene rings is 2. The van der Waals surface area contributed by atoms with E-state index in [-0.39, 0.29) is 61.0 Å². The number of amides is 5. The van der Waals surface area contributed by atoms with Crippen LogP contribution in [0.3, 0.4) is 0 Å². The molecule has 0 aromatic heterocycles. The fourth-order valence-electron chi connectivity index (χ4n) is 6.34. The summed E-state index contributed by atoms with van der Waals surface area (Å²) in [6.45, 7) is 15.7. The predicted octanol–water partition coefficient (Wildman–Crippen LogP) is 2.92. The molecule has 13 nitrogen and oxygen atoms in total. The minimum Gasteiger partial charge on any atom is -0.491 e. The highest BCUT2D eigenvalue weighted by atomic mass is 16.5. The number of ether oxygens (including phenoxy) is 2. The summed E-state index contributed by atoms with van der Waals surface area (Å²) in [5, 5.41) is 14.5. The summed E-state index contributed by atoms with van der Waals surface area (Å²) < 4.78 is 11.6. The van der Waals surface area contributed by atoms with E-state index in [2.05, 4.69) is 43.6 Å². The van der Waals surface area contributed by atoms with E-state index in [4.69, 9.17) is 9.47 Å². The second-order valence-corrected chi connectivity index (χ2v) is 15.1. The maximum Gasteiger partial charge on any atom is 0.255 e. The third kappa shape index (κ3) is 12.8. The van der Waals surface area contributed by atoms with Crippen LogP contribution in [0.15, 0.2) is 48.5 Å². The largest absolute Gasteiger partial charge is 0.491 e. The summed E-state index contributed by atoms with van der Waals surface area (Å²) in [5.41, 5.74) is 2.24. The predicted molar refractivity (Wildman–Crippen MR) is 202 cm³/mol. The molecule has 2 heterocycles. The Balaban J connectivity index is 1.58. The van der Waals surface area contributed by atoms with E-state index >= 15 is 0 Å². The van der Waals surface area contributed by atoms with E-state index in [1.807, 2.05) is 53.7 Å². The van der Waals surface area contributed by atoms with Crippen LogP contribution in [-0.2, 0) is 37.0 Å². The summed E-state index contributed by atoms with van der Waals surface area (Å²) in [6.07, 6.45) is 0.179. The van der Waals surface area contributed by atoms with E-state index in [9.17, 15) is 24.0 Å². The zero-order valence-electron chi connectivity index (χ0n) is 32.0. The molecule has 0 unspecified atom stereocenters. The molecular weight excluding hydrogens is 676 g/mol. The number of morpholine rings is 1. The molecule has 5 amide bonds. The van der Waals surface area contributed by atoms with Gasteiger partial charge in [0.2, 0.25) is 23.6 Å². The number of carbonyl (C=O) groups is 5. The SMILES string of the molecule is CC(C)C[C@H]1NC(=O)CC[C@@H](C(=O)NCc2cccc(CN3CCOCC3)c2)NC(=O)c2ccccc2OC[C@@H](C(C)C)NC(=O)[C@H](C(C)C)NC1=O. The maximum atomic E-state index is 13.8. The average molecular weight is 735 g/mol. The lowest BCUT2D eigenvalue weighted by atomic mass is 9.98. The number of fused-ring (bicyclic) bond motifs is 1. The average Bonchev–Trinajstić information content (AvgIpc) is 3.12. The summed E-state index contributed by atoms with van der Waals surface area (Å²) in [4.78, 5) is 70.4. The van der Waals surface area contributed by atoms with Gasteiger partial charge in [-0.15, -0.1) is 0 Å². The Morgan fingerprint density at radius 2 is 1.57 bits per heavy atom. The summed E-state index contributed by atoms with van der Waals surface area (Å²) >= 11 is 0. The van der Waals surface area contributed by atoms with Crippen LogP contribution >= 0.6 is 0 Å². The fourth-order valence-corrected chi connectivity index (χ4v) is 6.34. The third-order valence-corrected chi connectivity index (χ3v) is 9.54. The van der Waals surface area contributed by atoms with Gasteiger partial charge in [0.15, 0.2) is 0 Å². The molecule has 2 aliphatic rings. The zero-order chi connectivity index (χ0) is 38.5. The van der Waals surface area contributed by atoms with Crippen molar-refractivity contribution in [1.29, 1.82) is 0 Å². The minimum atomic E-state index is -1.07. The number of carbonyl (C=O) groups excluding carboxylic acids is 5. The van der Waals surface area contributed by atoms with Gasteiger partial charge in [0.05, 0.1) is 24.8 Å². The molecule has 2 aromatic carbocycles. The summed E-state index contributed by atoms with van der Waals surface area (Å²) in [5.74, 6) is -2.23. The maximum absolute atomic E-state index is 13.8. The molecule has 4 rings (SSSR count). The molecule has 1 saturated heterocycles. The molecular formula is C40H58N6O7. The van der Waals surface area contributed by atoms with Crippen LogP contribution in [-0.4, -0.2) is 91.5 Å². The molecule has 5 N–H and O–H groups in total. The normalized spacial score (nSPS) is 22.8. The van der Waals surface area contributed by atoms with Gasteiger partial charge in [0.1, 0.15) is 30.5 Å². The lowest BCUT2D eigenvalue weighted by Gasteiger charge is -2.29. The van der Waals surface area contributed by atoms with Gasteiger partial charge in [-0.3, -0.25) is 28.9 Å². The van der Waals surface area contributed by atoms with Gasteiger partial charge in [-0.2, -0.15) is 0 Å². The first-order valence-electron chi connectivity index (χ1n) is 18.9. The van der Waals surface area contributed by atoms with Gasteiger partial charge in [-0.1, -0.05) is 77.9 Å². The highest BCUT2D eigenvalue weighted by molar-refractivity contribution is 6.00. The van der Waals surface area contributed by atoms with Crippen LogP contribution < -0.4 is 31.3 Å². The highest BCUT2D eigenvalue weighted by Gasteiger charge is 2.32. The van der Waals surface area contributed by atoms with Gasteiger partial charge >= 0.3 is 0 Å². The standard InChI is InChI=1S/C40H58N6O7/c1-25(2)20-32-39(50)45-36(27(5)6)40(51)44-33(26(3)4)24-53-34-13-8-7-12-30(34)37(48)43-31(14-15-35(47)42-32)38(49)41-22-28-10-9-11-29(21-28)23-46-16-18-52-19-17-46/h7-13,21,25-27,31-33,36H,14-20,22-24H2,1-6H3,(H,41,49)(H,42,47)(H,43,48)(H,44,51)(H,45,50)/t31-,32+,33-,36-/m0/s1. The van der Waals surface area contributed by atoms with Gasteiger partial charge < -0.3 is 36.1 Å². The number of rotatable bonds is 9. The molecule has 2 aromatic rings. The Labute approximate surface area is 313 Å². The van der Waals surface area contributed by atoms with Crippen LogP contribution in [0, 0.1) is 17.8 Å². The zero-order valence-corrected chi connectivity index (χ0v) is 32.0. The molecule has 0 spiro atoms. The van der Waals surface area contributed by atoms with Gasteiger partial charge in [-0.05, 0) is 53.9 Å². The van der Waals surface area contributed by atoms with Crippen molar-refractivity contribution in [3.8, 4) is 5.75 Å². The van der Waals surface area contributed by atoms with Crippen molar-refractivity contribution in [1.82, 2.24) is 31.5 Å². The van der Waals surface area contributed by atoms with E-state index in [1.165, 1.54) is 0 Å². The smallest absolute Gasteiger partial charge is 0.255 e. The van der Waals surface area contributed by atoms with Crippen molar-refractivity contribution in [2.75, 3.05) is 32.9 Å². The lowest BCUT2D eigenvalue weighted by Crippen LogP contribution is -2.58. The van der Waals surface area contributed by atoms with E-state index < -0.39 is 47.8 Å². The quantitative estimate of drug-likeness (QED) is 0.262. The number of nitrogens with zero attached hydrogens (tertiary/aromatic N) is 1. The lowest BCUT2D eigenvalue weighted by molar-refractivity contribution is -0.133. The first kappa shape index (κ1) is 41.3. The third-order valence-electron chi connectivity index (χ3n) is 9.54. The van der Waals surface area contributed by atoms with Gasteiger partial charge in [0.25, 0.3) is 5.91 Å². The second-order valence-electron chi connectivity index (χ2n) is 15.1. The number of hydrogen-bond donors (Lipinski definition) is 5. The Morgan fingerprint density at radius 3 is 2.26 bits per heavy atom. The molecule has 53 heavy (non-hydrogen) atoms.